The summed E-state index contributed by atoms with van der Waals surface area (Å²) in [4.78, 5) is 2.20. The Morgan fingerprint density at radius 2 is 1.86 bits per heavy atom. The summed E-state index contributed by atoms with van der Waals surface area (Å²) in [5.41, 5.74) is 2.58. The molecule has 1 N–H and O–H groups in total. The number of aryl methyl sites for hydroxylation is 1. The number of ether oxygens (including phenoxy) is 2. The second-order valence-corrected chi connectivity index (χ2v) is 9.35. The van der Waals surface area contributed by atoms with Crippen LogP contribution in [-0.4, -0.2) is 52.2 Å². The molecule has 3 rings (SSSR count). The lowest BCUT2D eigenvalue weighted by molar-refractivity contribution is 0.0123. The molecule has 0 bridgehead atoms. The second kappa shape index (κ2) is 13.4. The van der Waals surface area contributed by atoms with Gasteiger partial charge in [0, 0.05) is 32.3 Å². The van der Waals surface area contributed by atoms with Crippen molar-refractivity contribution in [3.05, 3.63) is 71.7 Å². The van der Waals surface area contributed by atoms with E-state index in [-0.39, 0.29) is 5.82 Å². The second-order valence-electron chi connectivity index (χ2n) is 9.35. The lowest BCUT2D eigenvalue weighted by Crippen LogP contribution is -2.37. The molecule has 0 spiro atoms. The summed E-state index contributed by atoms with van der Waals surface area (Å²) >= 11 is 0. The van der Waals surface area contributed by atoms with Crippen LogP contribution in [0.25, 0.3) is 5.69 Å². The zero-order chi connectivity index (χ0) is 25.2. The average molecular weight is 484 g/mol. The molecule has 0 saturated heterocycles. The van der Waals surface area contributed by atoms with Gasteiger partial charge in [-0.25, -0.2) is 9.07 Å². The van der Waals surface area contributed by atoms with Crippen molar-refractivity contribution in [1.82, 2.24) is 14.7 Å². The van der Waals surface area contributed by atoms with E-state index in [4.69, 9.17) is 14.6 Å². The van der Waals surface area contributed by atoms with Crippen LogP contribution >= 0.6 is 0 Å². The van der Waals surface area contributed by atoms with Crippen LogP contribution in [0.1, 0.15) is 44.9 Å². The van der Waals surface area contributed by atoms with Gasteiger partial charge >= 0.3 is 0 Å². The Bertz CT molecular complexity index is 1040. The van der Waals surface area contributed by atoms with Gasteiger partial charge in [0.1, 0.15) is 11.6 Å². The van der Waals surface area contributed by atoms with E-state index in [1.807, 2.05) is 37.3 Å². The molecule has 7 heteroatoms. The van der Waals surface area contributed by atoms with Gasteiger partial charge in [-0.3, -0.25) is 4.90 Å². The van der Waals surface area contributed by atoms with Gasteiger partial charge < -0.3 is 14.6 Å². The number of aliphatic hydroxyl groups excluding tert-OH is 1. The van der Waals surface area contributed by atoms with Gasteiger partial charge in [0.25, 0.3) is 0 Å². The third-order valence-corrected chi connectivity index (χ3v) is 5.58. The molecule has 35 heavy (non-hydrogen) atoms. The summed E-state index contributed by atoms with van der Waals surface area (Å²) in [6.07, 6.45) is 1.46. The predicted molar refractivity (Wildman–Crippen MR) is 137 cm³/mol. The number of hydrogen-bond donors (Lipinski definition) is 1. The third-order valence-electron chi connectivity index (χ3n) is 5.58. The molecule has 0 amide bonds. The quantitative estimate of drug-likeness (QED) is 0.296. The molecular weight excluding hydrogens is 445 g/mol. The monoisotopic (exact) mass is 483 g/mol. The van der Waals surface area contributed by atoms with Gasteiger partial charge in [0.05, 0.1) is 29.7 Å². The molecule has 0 aliphatic rings. The molecule has 0 radical (unpaired) electrons. The Balaban J connectivity index is 1.89. The maximum Gasteiger partial charge on any atom is 0.227 e. The number of unbranched alkanes of at least 4 members (excludes halogenated alkanes) is 1. The first-order valence-electron chi connectivity index (χ1n) is 12.4. The molecule has 1 heterocycles. The van der Waals surface area contributed by atoms with E-state index in [1.165, 1.54) is 12.1 Å². The van der Waals surface area contributed by atoms with Crippen LogP contribution in [0.3, 0.4) is 0 Å². The highest BCUT2D eigenvalue weighted by molar-refractivity contribution is 5.43. The third kappa shape index (κ3) is 8.16. The summed E-state index contributed by atoms with van der Waals surface area (Å²) in [5, 5.41) is 15.4. The molecule has 6 nitrogen and oxygen atoms in total. The van der Waals surface area contributed by atoms with E-state index in [2.05, 4.69) is 25.7 Å². The van der Waals surface area contributed by atoms with Gasteiger partial charge in [-0.15, -0.1) is 0 Å². The number of halogens is 1. The Labute approximate surface area is 208 Å². The highest BCUT2D eigenvalue weighted by Crippen LogP contribution is 2.32. The van der Waals surface area contributed by atoms with Gasteiger partial charge in [-0.05, 0) is 43.5 Å². The maximum atomic E-state index is 13.9. The molecule has 2 aromatic carbocycles. The highest BCUT2D eigenvalue weighted by atomic mass is 19.1. The number of aliphatic hydroxyl groups is 1. The number of benzene rings is 2. The van der Waals surface area contributed by atoms with E-state index in [0.717, 1.165) is 36.3 Å². The first kappa shape index (κ1) is 26.9. The largest absolute Gasteiger partial charge is 0.438 e. The fourth-order valence-corrected chi connectivity index (χ4v) is 3.97. The Kier molecular flexibility index (Phi) is 10.3. The summed E-state index contributed by atoms with van der Waals surface area (Å²) < 4.78 is 27.5. The van der Waals surface area contributed by atoms with E-state index >= 15 is 0 Å². The number of para-hydroxylation sites is 1. The molecule has 1 atom stereocenters. The Morgan fingerprint density at radius 1 is 1.09 bits per heavy atom. The summed E-state index contributed by atoms with van der Waals surface area (Å²) in [6.45, 7) is 11.1. The molecule has 0 aliphatic heterocycles. The first-order valence-corrected chi connectivity index (χ1v) is 12.4. The smallest absolute Gasteiger partial charge is 0.227 e. The molecule has 0 saturated carbocycles. The normalized spacial score (nSPS) is 12.5. The molecule has 0 unspecified atom stereocenters. The van der Waals surface area contributed by atoms with Gasteiger partial charge in [-0.1, -0.05) is 51.5 Å². The van der Waals surface area contributed by atoms with E-state index in [1.54, 1.807) is 16.8 Å². The zero-order valence-corrected chi connectivity index (χ0v) is 21.3. The van der Waals surface area contributed by atoms with Crippen molar-refractivity contribution in [3.8, 4) is 17.3 Å². The molecule has 0 aliphatic carbocycles. The fourth-order valence-electron chi connectivity index (χ4n) is 3.97. The minimum atomic E-state index is -0.595. The van der Waals surface area contributed by atoms with E-state index < -0.39 is 6.10 Å². The van der Waals surface area contributed by atoms with Crippen LogP contribution in [-0.2, 0) is 11.3 Å². The van der Waals surface area contributed by atoms with Crippen LogP contribution < -0.4 is 4.74 Å². The average Bonchev–Trinajstić information content (AvgIpc) is 3.12. The highest BCUT2D eigenvalue weighted by Gasteiger charge is 2.23. The summed E-state index contributed by atoms with van der Waals surface area (Å²) in [6, 6.07) is 15.9. The standard InChI is InChI=1S/C28H38FN3O3/c1-5-6-15-34-20-25(33)18-31(17-21(2)3)19-27-22(4)30-32(24-12-8-7-9-13-24)28(27)35-26-14-10-11-23(29)16-26/h7-14,16,21,25,33H,5-6,15,17-20H2,1-4H3/t25-/m1/s1. The van der Waals surface area contributed by atoms with Gasteiger partial charge in [0.15, 0.2) is 0 Å². The summed E-state index contributed by atoms with van der Waals surface area (Å²) in [7, 11) is 0. The molecular formula is C28H38FN3O3. The number of aromatic nitrogens is 2. The van der Waals surface area contributed by atoms with Gasteiger partial charge in [-0.2, -0.15) is 5.10 Å². The number of hydrogen-bond acceptors (Lipinski definition) is 5. The van der Waals surface area contributed by atoms with Crippen LogP contribution in [0.5, 0.6) is 11.6 Å². The van der Waals surface area contributed by atoms with Gasteiger partial charge in [0.2, 0.25) is 5.88 Å². The number of rotatable bonds is 14. The Morgan fingerprint density at radius 3 is 2.54 bits per heavy atom. The lowest BCUT2D eigenvalue weighted by atomic mass is 10.1. The van der Waals surface area contributed by atoms with Crippen molar-refractivity contribution >= 4 is 0 Å². The molecule has 1 aromatic heterocycles. The minimum absolute atomic E-state index is 0.309. The molecule has 0 fully saturated rings. The number of nitrogens with zero attached hydrogens (tertiary/aromatic N) is 3. The fraction of sp³-hybridized carbons (Fsp3) is 0.464. The first-order chi connectivity index (χ1) is 16.9. The van der Waals surface area contributed by atoms with E-state index in [0.29, 0.717) is 43.9 Å². The Hall–Kier alpha value is -2.74. The van der Waals surface area contributed by atoms with Crippen molar-refractivity contribution in [1.29, 1.82) is 0 Å². The lowest BCUT2D eigenvalue weighted by Gasteiger charge is -2.27. The predicted octanol–water partition coefficient (Wildman–Crippen LogP) is 5.75. The van der Waals surface area contributed by atoms with Crippen LogP contribution in [0, 0.1) is 18.7 Å². The van der Waals surface area contributed by atoms with Crippen molar-refractivity contribution in [2.75, 3.05) is 26.3 Å². The van der Waals surface area contributed by atoms with Crippen molar-refractivity contribution < 1.29 is 19.0 Å². The van der Waals surface area contributed by atoms with Crippen molar-refractivity contribution in [2.45, 2.75) is 53.2 Å². The van der Waals surface area contributed by atoms with Crippen molar-refractivity contribution in [3.63, 3.8) is 0 Å². The SMILES string of the molecule is CCCCOC[C@H](O)CN(Cc1c(C)nn(-c2ccccc2)c1Oc1cccc(F)c1)CC(C)C. The van der Waals surface area contributed by atoms with Crippen LogP contribution in [0.4, 0.5) is 4.39 Å². The van der Waals surface area contributed by atoms with E-state index in [9.17, 15) is 9.50 Å². The minimum Gasteiger partial charge on any atom is -0.438 e. The van der Waals surface area contributed by atoms with Crippen LogP contribution in [0.15, 0.2) is 54.6 Å². The molecule has 190 valence electrons. The topological polar surface area (TPSA) is 59.8 Å². The molecule has 3 aromatic rings. The van der Waals surface area contributed by atoms with Crippen LogP contribution in [0.2, 0.25) is 0 Å². The zero-order valence-electron chi connectivity index (χ0n) is 21.3. The maximum absolute atomic E-state index is 13.9. The summed E-state index contributed by atoms with van der Waals surface area (Å²) in [5.74, 6) is 0.990. The van der Waals surface area contributed by atoms with Crippen molar-refractivity contribution in [2.24, 2.45) is 5.92 Å².